The van der Waals surface area contributed by atoms with Crippen LogP contribution in [0.2, 0.25) is 0 Å². The molecule has 0 unspecified atom stereocenters. The van der Waals surface area contributed by atoms with Gasteiger partial charge >= 0.3 is 0 Å². The summed E-state index contributed by atoms with van der Waals surface area (Å²) in [5.74, 6) is 1.16. The van der Waals surface area contributed by atoms with Gasteiger partial charge in [-0.05, 0) is 55.4 Å². The molecule has 29 heavy (non-hydrogen) atoms. The maximum atomic E-state index is 13.0. The number of anilines is 1. The molecule has 0 atom stereocenters. The van der Waals surface area contributed by atoms with Gasteiger partial charge in [0.05, 0.1) is 5.39 Å². The SMILES string of the molecule is Cc1sc2nc(CCC(=O)N3CCCc4cc(C(C)C)ccc43)[nH]c(=O)c2c1C. The molecular formula is C23H27N3O2S. The fraction of sp³-hybridized carbons (Fsp3) is 0.435. The molecule has 6 heteroatoms. The highest BCUT2D eigenvalue weighted by Crippen LogP contribution is 2.31. The Balaban J connectivity index is 1.53. The Labute approximate surface area is 174 Å². The number of fused-ring (bicyclic) bond motifs is 2. The number of rotatable bonds is 4. The molecule has 3 heterocycles. The summed E-state index contributed by atoms with van der Waals surface area (Å²) in [6.45, 7) is 9.08. The third-order valence-corrected chi connectivity index (χ3v) is 6.95. The van der Waals surface area contributed by atoms with Crippen LogP contribution in [0.4, 0.5) is 5.69 Å². The molecule has 0 saturated heterocycles. The molecule has 1 aromatic carbocycles. The molecule has 0 spiro atoms. The molecule has 0 saturated carbocycles. The van der Waals surface area contributed by atoms with Crippen molar-refractivity contribution >= 4 is 33.1 Å². The third kappa shape index (κ3) is 3.73. The lowest BCUT2D eigenvalue weighted by Crippen LogP contribution is -2.35. The van der Waals surface area contributed by atoms with Crippen molar-refractivity contribution in [3.63, 3.8) is 0 Å². The van der Waals surface area contributed by atoms with Crippen molar-refractivity contribution in [1.29, 1.82) is 0 Å². The zero-order valence-corrected chi connectivity index (χ0v) is 18.3. The van der Waals surface area contributed by atoms with E-state index in [-0.39, 0.29) is 11.5 Å². The number of hydrogen-bond donors (Lipinski definition) is 1. The van der Waals surface area contributed by atoms with Gasteiger partial charge in [-0.3, -0.25) is 9.59 Å². The molecule has 0 radical (unpaired) electrons. The van der Waals surface area contributed by atoms with Crippen molar-refractivity contribution in [2.24, 2.45) is 0 Å². The third-order valence-electron chi connectivity index (χ3n) is 5.85. The van der Waals surface area contributed by atoms with Crippen molar-refractivity contribution in [3.8, 4) is 0 Å². The summed E-state index contributed by atoms with van der Waals surface area (Å²) in [6.07, 6.45) is 2.77. The molecule has 2 aromatic heterocycles. The lowest BCUT2D eigenvalue weighted by molar-refractivity contribution is -0.118. The monoisotopic (exact) mass is 409 g/mol. The number of thiophene rings is 1. The van der Waals surface area contributed by atoms with E-state index in [4.69, 9.17) is 0 Å². The molecule has 0 fully saturated rings. The second-order valence-corrected chi connectivity index (χ2v) is 9.37. The minimum atomic E-state index is -0.108. The zero-order chi connectivity index (χ0) is 20.7. The van der Waals surface area contributed by atoms with Crippen molar-refractivity contribution in [2.75, 3.05) is 11.4 Å². The van der Waals surface area contributed by atoms with Gasteiger partial charge in [-0.2, -0.15) is 0 Å². The first-order chi connectivity index (χ1) is 13.8. The van der Waals surface area contributed by atoms with Crippen LogP contribution in [-0.2, 0) is 17.6 Å². The lowest BCUT2D eigenvalue weighted by atomic mass is 9.94. The van der Waals surface area contributed by atoms with Crippen LogP contribution >= 0.6 is 11.3 Å². The largest absolute Gasteiger partial charge is 0.312 e. The van der Waals surface area contributed by atoms with Gasteiger partial charge in [0.15, 0.2) is 0 Å². The molecule has 1 aliphatic rings. The van der Waals surface area contributed by atoms with Gasteiger partial charge in [-0.15, -0.1) is 11.3 Å². The number of H-pyrrole nitrogens is 1. The summed E-state index contributed by atoms with van der Waals surface area (Å²) < 4.78 is 0. The summed E-state index contributed by atoms with van der Waals surface area (Å²) in [5.41, 5.74) is 4.49. The Bertz CT molecular complexity index is 1140. The molecule has 1 N–H and O–H groups in total. The number of aromatic amines is 1. The average molecular weight is 410 g/mol. The number of nitrogens with one attached hydrogen (secondary N) is 1. The van der Waals surface area contributed by atoms with E-state index >= 15 is 0 Å². The molecule has 0 aliphatic carbocycles. The highest BCUT2D eigenvalue weighted by atomic mass is 32.1. The maximum Gasteiger partial charge on any atom is 0.259 e. The van der Waals surface area contributed by atoms with Crippen LogP contribution in [0.1, 0.15) is 60.0 Å². The molecule has 4 rings (SSSR count). The highest BCUT2D eigenvalue weighted by molar-refractivity contribution is 7.18. The topological polar surface area (TPSA) is 66.1 Å². The number of aryl methyl sites for hydroxylation is 4. The first-order valence-electron chi connectivity index (χ1n) is 10.3. The first-order valence-corrected chi connectivity index (χ1v) is 11.1. The van der Waals surface area contributed by atoms with Crippen molar-refractivity contribution in [1.82, 2.24) is 9.97 Å². The van der Waals surface area contributed by atoms with Gasteiger partial charge in [0, 0.05) is 30.0 Å². The summed E-state index contributed by atoms with van der Waals surface area (Å²) in [4.78, 5) is 36.7. The van der Waals surface area contributed by atoms with Crippen molar-refractivity contribution < 1.29 is 4.79 Å². The standard InChI is InChI=1S/C23H27N3O2S/c1-13(2)16-7-8-18-17(12-16)6-5-11-26(18)20(27)10-9-19-24-22(28)21-14(3)15(4)29-23(21)25-19/h7-8,12-13H,5-6,9-11H2,1-4H3,(H,24,25,28). The summed E-state index contributed by atoms with van der Waals surface area (Å²) in [5, 5.41) is 0.675. The minimum absolute atomic E-state index is 0.0875. The lowest BCUT2D eigenvalue weighted by Gasteiger charge is -2.30. The molecule has 0 bridgehead atoms. The summed E-state index contributed by atoms with van der Waals surface area (Å²) in [7, 11) is 0. The minimum Gasteiger partial charge on any atom is -0.312 e. The van der Waals surface area contributed by atoms with E-state index in [1.54, 1.807) is 0 Å². The summed E-state index contributed by atoms with van der Waals surface area (Å²) in [6, 6.07) is 6.46. The predicted octanol–water partition coefficient (Wildman–Crippen LogP) is 4.64. The molecule has 1 aliphatic heterocycles. The maximum absolute atomic E-state index is 13.0. The Morgan fingerprint density at radius 3 is 2.86 bits per heavy atom. The fourth-order valence-corrected chi connectivity index (χ4v) is 5.06. The Hall–Kier alpha value is -2.47. The van der Waals surface area contributed by atoms with Gasteiger partial charge in [0.1, 0.15) is 10.7 Å². The number of aromatic nitrogens is 2. The number of carbonyl (C=O) groups excluding carboxylic acids is 1. The number of benzene rings is 1. The fourth-order valence-electron chi connectivity index (χ4n) is 4.01. The Kier molecular flexibility index (Phi) is 5.30. The molecule has 152 valence electrons. The van der Waals surface area contributed by atoms with Crippen LogP contribution in [0.3, 0.4) is 0 Å². The smallest absolute Gasteiger partial charge is 0.259 e. The second-order valence-electron chi connectivity index (χ2n) is 8.17. The van der Waals surface area contributed by atoms with E-state index in [9.17, 15) is 9.59 Å². The molecular weight excluding hydrogens is 382 g/mol. The van der Waals surface area contributed by atoms with Crippen LogP contribution in [0.25, 0.3) is 10.2 Å². The van der Waals surface area contributed by atoms with E-state index in [1.807, 2.05) is 18.7 Å². The summed E-state index contributed by atoms with van der Waals surface area (Å²) >= 11 is 1.54. The zero-order valence-electron chi connectivity index (χ0n) is 17.5. The van der Waals surface area contributed by atoms with E-state index in [0.29, 0.717) is 30.0 Å². The number of nitrogens with zero attached hydrogens (tertiary/aromatic N) is 2. The van der Waals surface area contributed by atoms with Gasteiger partial charge in [0.25, 0.3) is 5.56 Å². The number of carbonyl (C=O) groups is 1. The van der Waals surface area contributed by atoms with Gasteiger partial charge < -0.3 is 9.88 Å². The van der Waals surface area contributed by atoms with Crippen molar-refractivity contribution in [2.45, 2.75) is 59.3 Å². The van der Waals surface area contributed by atoms with Crippen molar-refractivity contribution in [3.05, 3.63) is 55.9 Å². The van der Waals surface area contributed by atoms with E-state index < -0.39 is 0 Å². The van der Waals surface area contributed by atoms with Crippen LogP contribution < -0.4 is 10.5 Å². The average Bonchev–Trinajstić information content (AvgIpc) is 2.99. The van der Waals surface area contributed by atoms with Crippen LogP contribution in [0.5, 0.6) is 0 Å². The first kappa shape index (κ1) is 19.8. The van der Waals surface area contributed by atoms with Gasteiger partial charge in [-0.25, -0.2) is 4.98 Å². The Morgan fingerprint density at radius 1 is 1.31 bits per heavy atom. The quantitative estimate of drug-likeness (QED) is 0.683. The Morgan fingerprint density at radius 2 is 2.10 bits per heavy atom. The second kappa shape index (κ2) is 7.75. The number of amides is 1. The normalized spacial score (nSPS) is 13.9. The predicted molar refractivity (Wildman–Crippen MR) is 119 cm³/mol. The highest BCUT2D eigenvalue weighted by Gasteiger charge is 2.23. The number of hydrogen-bond acceptors (Lipinski definition) is 4. The van der Waals surface area contributed by atoms with Crippen LogP contribution in [-0.4, -0.2) is 22.4 Å². The molecule has 1 amide bonds. The van der Waals surface area contributed by atoms with Gasteiger partial charge in [-0.1, -0.05) is 26.0 Å². The van der Waals surface area contributed by atoms with Crippen LogP contribution in [0, 0.1) is 13.8 Å². The van der Waals surface area contributed by atoms with Crippen LogP contribution in [0.15, 0.2) is 23.0 Å². The van der Waals surface area contributed by atoms with Gasteiger partial charge in [0.2, 0.25) is 5.91 Å². The molecule has 5 nitrogen and oxygen atoms in total. The van der Waals surface area contributed by atoms with E-state index in [2.05, 4.69) is 42.0 Å². The van der Waals surface area contributed by atoms with E-state index in [0.717, 1.165) is 40.3 Å². The van der Waals surface area contributed by atoms with E-state index in [1.165, 1.54) is 22.5 Å². The molecule has 3 aromatic rings.